The van der Waals surface area contributed by atoms with Crippen LogP contribution in [0.4, 0.5) is 0 Å². The van der Waals surface area contributed by atoms with Crippen molar-refractivity contribution in [2.24, 2.45) is 4.99 Å². The summed E-state index contributed by atoms with van der Waals surface area (Å²) in [5.74, 6) is 0.876. The van der Waals surface area contributed by atoms with Gasteiger partial charge in [-0.3, -0.25) is 9.36 Å². The summed E-state index contributed by atoms with van der Waals surface area (Å²) in [6, 6.07) is 19.8. The lowest BCUT2D eigenvalue weighted by atomic mass is 9.96. The smallest absolute Gasteiger partial charge is 0.338 e. The summed E-state index contributed by atoms with van der Waals surface area (Å²) in [6.45, 7) is 6.55. The minimum absolute atomic E-state index is 0.212. The maximum absolute atomic E-state index is 13.9. The molecule has 0 saturated heterocycles. The molecule has 0 bridgehead atoms. The standard InChI is InChI=1S/C32H28BrClN2O5S/c1-4-39-24-12-10-22(11-13-24)29-28(31(38)40-5-2)19(3)35-32-36(29)30(37)27(42-32)17-20-9-14-26(25(33)16-20)41-18-21-7-6-8-23(34)15-21/h6-17,29H,4-5,18H2,1-3H3/b27-17-/t29-/m1/s1. The maximum Gasteiger partial charge on any atom is 0.338 e. The Labute approximate surface area is 260 Å². The molecule has 4 aromatic rings. The van der Waals surface area contributed by atoms with Crippen molar-refractivity contribution >= 4 is 50.9 Å². The van der Waals surface area contributed by atoms with Gasteiger partial charge >= 0.3 is 5.97 Å². The summed E-state index contributed by atoms with van der Waals surface area (Å²) in [7, 11) is 0. The molecule has 0 radical (unpaired) electrons. The van der Waals surface area contributed by atoms with Gasteiger partial charge in [-0.05, 0) is 95.9 Å². The quantitative estimate of drug-likeness (QED) is 0.199. The van der Waals surface area contributed by atoms with Crippen LogP contribution in [-0.4, -0.2) is 23.8 Å². The SMILES string of the molecule is CCOC(=O)C1=C(C)N=c2s/c(=C\c3ccc(OCc4cccc(Cl)c4)c(Br)c3)c(=O)n2[C@@H]1c1ccc(OCC)cc1. The van der Waals surface area contributed by atoms with E-state index in [1.807, 2.05) is 79.7 Å². The van der Waals surface area contributed by atoms with Gasteiger partial charge < -0.3 is 14.2 Å². The van der Waals surface area contributed by atoms with Crippen LogP contribution in [0.15, 0.2) is 92.3 Å². The van der Waals surface area contributed by atoms with Crippen LogP contribution in [0.25, 0.3) is 6.08 Å². The Morgan fingerprint density at radius 1 is 1.07 bits per heavy atom. The third-order valence-electron chi connectivity index (χ3n) is 6.56. The van der Waals surface area contributed by atoms with E-state index >= 15 is 0 Å². The zero-order valence-electron chi connectivity index (χ0n) is 23.2. The molecule has 0 fully saturated rings. The molecule has 0 amide bonds. The molecule has 2 heterocycles. The summed E-state index contributed by atoms with van der Waals surface area (Å²) >= 11 is 10.9. The van der Waals surface area contributed by atoms with E-state index in [0.717, 1.165) is 21.2 Å². The first-order valence-corrected chi connectivity index (χ1v) is 15.4. The normalized spacial score (nSPS) is 14.8. The van der Waals surface area contributed by atoms with Crippen molar-refractivity contribution in [2.45, 2.75) is 33.4 Å². The number of allylic oxidation sites excluding steroid dienone is 1. The number of rotatable bonds is 9. The van der Waals surface area contributed by atoms with E-state index in [0.29, 0.717) is 50.3 Å². The lowest BCUT2D eigenvalue weighted by molar-refractivity contribution is -0.139. The number of nitrogens with zero attached hydrogens (tertiary/aromatic N) is 2. The zero-order chi connectivity index (χ0) is 29.8. The Hall–Kier alpha value is -3.66. The number of thiazole rings is 1. The zero-order valence-corrected chi connectivity index (χ0v) is 26.4. The molecule has 1 aliphatic heterocycles. The number of hydrogen-bond donors (Lipinski definition) is 0. The van der Waals surface area contributed by atoms with Crippen LogP contribution in [0.3, 0.4) is 0 Å². The van der Waals surface area contributed by atoms with Crippen molar-refractivity contribution in [3.63, 3.8) is 0 Å². The minimum atomic E-state index is -0.688. The fourth-order valence-corrected chi connectivity index (χ4v) is 6.45. The van der Waals surface area contributed by atoms with Gasteiger partial charge in [0, 0.05) is 5.02 Å². The lowest BCUT2D eigenvalue weighted by Crippen LogP contribution is -2.39. The second kappa shape index (κ2) is 13.1. The van der Waals surface area contributed by atoms with Crippen molar-refractivity contribution in [1.82, 2.24) is 4.57 Å². The van der Waals surface area contributed by atoms with Gasteiger partial charge in [0.1, 0.15) is 18.1 Å². The van der Waals surface area contributed by atoms with Crippen LogP contribution in [0.2, 0.25) is 5.02 Å². The van der Waals surface area contributed by atoms with Crippen molar-refractivity contribution in [3.05, 3.63) is 124 Å². The minimum Gasteiger partial charge on any atom is -0.494 e. The first kappa shape index (κ1) is 29.8. The van der Waals surface area contributed by atoms with Gasteiger partial charge in [-0.25, -0.2) is 9.79 Å². The Kier molecular flexibility index (Phi) is 9.30. The lowest BCUT2D eigenvalue weighted by Gasteiger charge is -2.24. The molecule has 3 aromatic carbocycles. The number of carbonyl (C=O) groups is 1. The van der Waals surface area contributed by atoms with E-state index in [1.165, 1.54) is 11.3 Å². The van der Waals surface area contributed by atoms with E-state index in [1.54, 1.807) is 18.4 Å². The molecule has 1 aromatic heterocycles. The highest BCUT2D eigenvalue weighted by Gasteiger charge is 2.33. The topological polar surface area (TPSA) is 79.1 Å². The Bertz CT molecular complexity index is 1850. The highest BCUT2D eigenvalue weighted by Crippen LogP contribution is 2.32. The van der Waals surface area contributed by atoms with Gasteiger partial charge in [0.05, 0.1) is 39.5 Å². The van der Waals surface area contributed by atoms with Gasteiger partial charge in [-0.15, -0.1) is 0 Å². The van der Waals surface area contributed by atoms with Crippen LogP contribution < -0.4 is 24.4 Å². The molecule has 0 saturated carbocycles. The summed E-state index contributed by atoms with van der Waals surface area (Å²) in [6.07, 6.45) is 1.81. The summed E-state index contributed by atoms with van der Waals surface area (Å²) < 4.78 is 19.8. The Morgan fingerprint density at radius 3 is 2.55 bits per heavy atom. The molecule has 5 rings (SSSR count). The molecule has 1 atom stereocenters. The molecular weight excluding hydrogens is 640 g/mol. The molecule has 0 spiro atoms. The van der Waals surface area contributed by atoms with E-state index in [2.05, 4.69) is 20.9 Å². The van der Waals surface area contributed by atoms with Gasteiger partial charge in [-0.2, -0.15) is 0 Å². The Morgan fingerprint density at radius 2 is 1.86 bits per heavy atom. The number of benzene rings is 3. The number of carbonyl (C=O) groups excluding carboxylic acids is 1. The highest BCUT2D eigenvalue weighted by molar-refractivity contribution is 9.10. The number of aromatic nitrogens is 1. The average Bonchev–Trinajstić information content (AvgIpc) is 3.26. The van der Waals surface area contributed by atoms with Crippen LogP contribution >= 0.6 is 38.9 Å². The first-order valence-electron chi connectivity index (χ1n) is 13.4. The monoisotopic (exact) mass is 666 g/mol. The molecular formula is C32H28BrClN2O5S. The van der Waals surface area contributed by atoms with Crippen LogP contribution in [0.5, 0.6) is 11.5 Å². The van der Waals surface area contributed by atoms with E-state index in [4.69, 9.17) is 25.8 Å². The largest absolute Gasteiger partial charge is 0.494 e. The van der Waals surface area contributed by atoms with Crippen LogP contribution in [0, 0.1) is 0 Å². The molecule has 0 unspecified atom stereocenters. The summed E-state index contributed by atoms with van der Waals surface area (Å²) in [4.78, 5) is 32.1. The molecule has 7 nitrogen and oxygen atoms in total. The highest BCUT2D eigenvalue weighted by atomic mass is 79.9. The maximum atomic E-state index is 13.9. The van der Waals surface area contributed by atoms with Crippen LogP contribution in [-0.2, 0) is 16.1 Å². The number of ether oxygens (including phenoxy) is 3. The van der Waals surface area contributed by atoms with Gasteiger partial charge in [-0.1, -0.05) is 53.3 Å². The van der Waals surface area contributed by atoms with Crippen molar-refractivity contribution in [2.75, 3.05) is 13.2 Å². The Balaban J connectivity index is 1.51. The number of fused-ring (bicyclic) bond motifs is 1. The molecule has 42 heavy (non-hydrogen) atoms. The van der Waals surface area contributed by atoms with Gasteiger partial charge in [0.2, 0.25) is 0 Å². The van der Waals surface area contributed by atoms with E-state index < -0.39 is 12.0 Å². The van der Waals surface area contributed by atoms with Gasteiger partial charge in [0.25, 0.3) is 5.56 Å². The summed E-state index contributed by atoms with van der Waals surface area (Å²) in [5.41, 5.74) is 3.13. The van der Waals surface area contributed by atoms with Crippen molar-refractivity contribution in [1.29, 1.82) is 0 Å². The van der Waals surface area contributed by atoms with Crippen molar-refractivity contribution in [3.8, 4) is 11.5 Å². The first-order chi connectivity index (χ1) is 20.3. The average molecular weight is 668 g/mol. The fraction of sp³-hybridized carbons (Fsp3) is 0.219. The molecule has 0 aliphatic carbocycles. The molecule has 216 valence electrons. The third-order valence-corrected chi connectivity index (χ3v) is 8.40. The molecule has 0 N–H and O–H groups in total. The van der Waals surface area contributed by atoms with E-state index in [9.17, 15) is 9.59 Å². The van der Waals surface area contributed by atoms with E-state index in [-0.39, 0.29) is 12.2 Å². The third kappa shape index (κ3) is 6.38. The number of hydrogen-bond acceptors (Lipinski definition) is 7. The molecule has 1 aliphatic rings. The second-order valence-electron chi connectivity index (χ2n) is 9.41. The second-order valence-corrected chi connectivity index (χ2v) is 11.7. The number of esters is 1. The van der Waals surface area contributed by atoms with Gasteiger partial charge in [0.15, 0.2) is 4.80 Å². The summed E-state index contributed by atoms with van der Waals surface area (Å²) in [5, 5.41) is 0.654. The van der Waals surface area contributed by atoms with Crippen LogP contribution in [0.1, 0.15) is 43.5 Å². The number of halogens is 2. The van der Waals surface area contributed by atoms with Crippen molar-refractivity contribution < 1.29 is 19.0 Å². The fourth-order valence-electron chi connectivity index (χ4n) is 4.68. The predicted molar refractivity (Wildman–Crippen MR) is 168 cm³/mol. The predicted octanol–water partition coefficient (Wildman–Crippen LogP) is 6.19. The molecule has 10 heteroatoms.